The molecule has 7 nitrogen and oxygen atoms in total. The van der Waals surface area contributed by atoms with Crippen molar-refractivity contribution >= 4 is 22.8 Å². The number of fused-ring (bicyclic) bond motifs is 2. The molecule has 34 heavy (non-hydrogen) atoms. The van der Waals surface area contributed by atoms with Gasteiger partial charge in [0.2, 0.25) is 5.91 Å². The number of carboxylic acids is 1. The second-order valence-corrected chi connectivity index (χ2v) is 10.2. The van der Waals surface area contributed by atoms with Gasteiger partial charge in [-0.25, -0.2) is 0 Å². The predicted octanol–water partition coefficient (Wildman–Crippen LogP) is 4.88. The van der Waals surface area contributed by atoms with Gasteiger partial charge in [0, 0.05) is 41.4 Å². The summed E-state index contributed by atoms with van der Waals surface area (Å²) in [6.45, 7) is 0.695. The first-order chi connectivity index (χ1) is 16.5. The van der Waals surface area contributed by atoms with E-state index in [1.54, 1.807) is 6.07 Å². The summed E-state index contributed by atoms with van der Waals surface area (Å²) in [6, 6.07) is 7.98. The molecule has 0 spiro atoms. The van der Waals surface area contributed by atoms with Crippen LogP contribution < -0.4 is 0 Å². The lowest BCUT2D eigenvalue weighted by Crippen LogP contribution is -2.53. The summed E-state index contributed by atoms with van der Waals surface area (Å²) in [5, 5.41) is 18.3. The highest BCUT2D eigenvalue weighted by Crippen LogP contribution is 2.54. The number of nitrogens with zero attached hydrogens (tertiary/aromatic N) is 2. The first-order valence-electron chi connectivity index (χ1n) is 12.2. The van der Waals surface area contributed by atoms with E-state index in [-0.39, 0.29) is 29.2 Å². The van der Waals surface area contributed by atoms with E-state index >= 15 is 0 Å². The van der Waals surface area contributed by atoms with Crippen molar-refractivity contribution in [2.45, 2.75) is 62.8 Å². The SMILES string of the molecule is O=C(O)C1CCCC2C1CCCN2C(=O)CC1(c2n[nH]c3cccc(-c4ccc(F)o4)c23)CC1. The molecular weight excluding hydrogens is 437 g/mol. The molecule has 3 aliphatic rings. The van der Waals surface area contributed by atoms with E-state index in [9.17, 15) is 19.1 Å². The van der Waals surface area contributed by atoms with Crippen LogP contribution in [-0.4, -0.2) is 44.7 Å². The largest absolute Gasteiger partial charge is 0.481 e. The summed E-state index contributed by atoms with van der Waals surface area (Å²) >= 11 is 0. The van der Waals surface area contributed by atoms with E-state index in [1.807, 2.05) is 23.1 Å². The summed E-state index contributed by atoms with van der Waals surface area (Å²) in [6.07, 6.45) is 6.24. The lowest BCUT2D eigenvalue weighted by molar-refractivity contribution is -0.152. The quantitative estimate of drug-likeness (QED) is 0.560. The number of carbonyl (C=O) groups excluding carboxylic acids is 1. The minimum atomic E-state index is -0.729. The number of amides is 1. The van der Waals surface area contributed by atoms with Gasteiger partial charge >= 0.3 is 5.97 Å². The van der Waals surface area contributed by atoms with Crippen LogP contribution in [0.15, 0.2) is 34.7 Å². The maximum Gasteiger partial charge on any atom is 0.306 e. The van der Waals surface area contributed by atoms with E-state index in [0.717, 1.165) is 60.7 Å². The van der Waals surface area contributed by atoms with E-state index in [2.05, 4.69) is 10.2 Å². The maximum atomic E-state index is 13.6. The first-order valence-corrected chi connectivity index (χ1v) is 12.2. The Balaban J connectivity index is 1.30. The second kappa shape index (κ2) is 7.96. The van der Waals surface area contributed by atoms with Gasteiger partial charge in [-0.2, -0.15) is 9.49 Å². The molecule has 3 atom stereocenters. The number of halogens is 1. The van der Waals surface area contributed by atoms with E-state index < -0.39 is 12.0 Å². The average Bonchev–Trinajstić information content (AvgIpc) is 3.25. The molecule has 3 fully saturated rings. The number of piperidine rings is 1. The highest BCUT2D eigenvalue weighted by atomic mass is 19.1. The Morgan fingerprint density at radius 3 is 2.76 bits per heavy atom. The molecule has 0 bridgehead atoms. The van der Waals surface area contributed by atoms with E-state index in [1.165, 1.54) is 6.07 Å². The van der Waals surface area contributed by atoms with Gasteiger partial charge in [-0.15, -0.1) is 0 Å². The molecular formula is C26H28FN3O4. The van der Waals surface area contributed by atoms with Gasteiger partial charge in [0.15, 0.2) is 0 Å². The second-order valence-electron chi connectivity index (χ2n) is 10.2. The molecule has 0 radical (unpaired) electrons. The molecule has 3 unspecified atom stereocenters. The lowest BCUT2D eigenvalue weighted by atomic mass is 9.71. The first kappa shape index (κ1) is 21.4. The third kappa shape index (κ3) is 3.42. The Morgan fingerprint density at radius 2 is 2.03 bits per heavy atom. The van der Waals surface area contributed by atoms with Crippen molar-refractivity contribution < 1.29 is 23.5 Å². The van der Waals surface area contributed by atoms with Gasteiger partial charge < -0.3 is 14.4 Å². The normalized spacial score (nSPS) is 25.8. The summed E-state index contributed by atoms with van der Waals surface area (Å²) < 4.78 is 18.9. The van der Waals surface area contributed by atoms with Crippen molar-refractivity contribution in [2.24, 2.45) is 11.8 Å². The molecule has 178 valence electrons. The third-order valence-electron chi connectivity index (χ3n) is 8.27. The van der Waals surface area contributed by atoms with Gasteiger partial charge in [0.25, 0.3) is 6.01 Å². The summed E-state index contributed by atoms with van der Waals surface area (Å²) in [5.41, 5.74) is 2.07. The molecule has 2 N–H and O–H groups in total. The fourth-order valence-electron chi connectivity index (χ4n) is 6.46. The van der Waals surface area contributed by atoms with Crippen LogP contribution in [0, 0.1) is 17.8 Å². The maximum absolute atomic E-state index is 13.6. The Hall–Kier alpha value is -3.16. The van der Waals surface area contributed by atoms with Crippen LogP contribution >= 0.6 is 0 Å². The molecule has 1 aromatic carbocycles. The highest BCUT2D eigenvalue weighted by Gasteiger charge is 2.51. The molecule has 6 rings (SSSR count). The zero-order chi connectivity index (χ0) is 23.4. The number of carbonyl (C=O) groups is 2. The summed E-state index contributed by atoms with van der Waals surface area (Å²) in [7, 11) is 0. The van der Waals surface area contributed by atoms with Crippen LogP contribution in [0.25, 0.3) is 22.2 Å². The predicted molar refractivity (Wildman–Crippen MR) is 122 cm³/mol. The van der Waals surface area contributed by atoms with E-state index in [0.29, 0.717) is 25.1 Å². The number of aromatic amines is 1. The number of benzene rings is 1. The molecule has 8 heteroatoms. The van der Waals surface area contributed by atoms with Crippen molar-refractivity contribution in [3.63, 3.8) is 0 Å². The Kier molecular flexibility index (Phi) is 5.00. The van der Waals surface area contributed by atoms with Crippen LogP contribution in [0.1, 0.15) is 57.1 Å². The number of H-pyrrole nitrogens is 1. The molecule has 1 aliphatic heterocycles. The van der Waals surface area contributed by atoms with Crippen LogP contribution in [0.4, 0.5) is 4.39 Å². The average molecular weight is 466 g/mol. The van der Waals surface area contributed by atoms with Crippen LogP contribution in [0.2, 0.25) is 0 Å². The molecule has 2 saturated carbocycles. The number of aromatic nitrogens is 2. The molecule has 2 aromatic heterocycles. The molecule has 3 aromatic rings. The Labute approximate surface area is 196 Å². The molecule has 2 aliphatic carbocycles. The number of aliphatic carboxylic acids is 1. The third-order valence-corrected chi connectivity index (χ3v) is 8.27. The smallest absolute Gasteiger partial charge is 0.306 e. The van der Waals surface area contributed by atoms with Crippen molar-refractivity contribution in [3.8, 4) is 11.3 Å². The number of hydrogen-bond acceptors (Lipinski definition) is 4. The van der Waals surface area contributed by atoms with E-state index in [4.69, 9.17) is 4.42 Å². The number of hydrogen-bond donors (Lipinski definition) is 2. The fourth-order valence-corrected chi connectivity index (χ4v) is 6.46. The van der Waals surface area contributed by atoms with Crippen molar-refractivity contribution in [2.75, 3.05) is 6.54 Å². The highest BCUT2D eigenvalue weighted by molar-refractivity contribution is 5.97. The zero-order valence-corrected chi connectivity index (χ0v) is 18.9. The Morgan fingerprint density at radius 1 is 1.18 bits per heavy atom. The topological polar surface area (TPSA) is 99.4 Å². The van der Waals surface area contributed by atoms with Gasteiger partial charge in [0.1, 0.15) is 5.76 Å². The molecule has 1 amide bonds. The fraction of sp³-hybridized carbons (Fsp3) is 0.500. The number of rotatable bonds is 5. The van der Waals surface area contributed by atoms with Gasteiger partial charge in [0.05, 0.1) is 17.1 Å². The summed E-state index contributed by atoms with van der Waals surface area (Å²) in [5.74, 6) is -0.501. The van der Waals surface area contributed by atoms with Crippen molar-refractivity contribution in [1.82, 2.24) is 15.1 Å². The molecule has 3 heterocycles. The number of nitrogens with one attached hydrogen (secondary N) is 1. The Bertz CT molecular complexity index is 1260. The zero-order valence-electron chi connectivity index (χ0n) is 18.9. The monoisotopic (exact) mass is 465 g/mol. The standard InChI is InChI=1S/C26H28FN3O4/c27-21-10-9-20(34-21)17-5-1-7-18-23(17)24(29-28-18)26(11-12-26)14-22(31)30-13-3-6-15-16(25(32)33)4-2-8-19(15)30/h1,5,7,9-10,15-16,19H,2-4,6,8,11-14H2,(H,28,29)(H,32,33). The van der Waals surface area contributed by atoms with Crippen molar-refractivity contribution in [1.29, 1.82) is 0 Å². The molecule has 1 saturated heterocycles. The van der Waals surface area contributed by atoms with Crippen LogP contribution in [0.3, 0.4) is 0 Å². The van der Waals surface area contributed by atoms with Gasteiger partial charge in [-0.05, 0) is 56.6 Å². The number of carboxylic acid groups (broad SMARTS) is 1. The van der Waals surface area contributed by atoms with Gasteiger partial charge in [-0.3, -0.25) is 14.7 Å². The van der Waals surface area contributed by atoms with Crippen LogP contribution in [0.5, 0.6) is 0 Å². The minimum absolute atomic E-state index is 0.0180. The van der Waals surface area contributed by atoms with Gasteiger partial charge in [-0.1, -0.05) is 18.6 Å². The minimum Gasteiger partial charge on any atom is -0.481 e. The lowest BCUT2D eigenvalue weighted by Gasteiger charge is -2.46. The summed E-state index contributed by atoms with van der Waals surface area (Å²) in [4.78, 5) is 27.4. The number of furan rings is 1. The van der Waals surface area contributed by atoms with Crippen LogP contribution in [-0.2, 0) is 15.0 Å². The number of likely N-dealkylation sites (tertiary alicyclic amines) is 1. The van der Waals surface area contributed by atoms with Crippen molar-refractivity contribution in [3.05, 3.63) is 42.0 Å².